The molecule has 0 bridgehead atoms. The van der Waals surface area contributed by atoms with Gasteiger partial charge in [-0.2, -0.15) is 13.2 Å². The lowest BCUT2D eigenvalue weighted by Gasteiger charge is -2.31. The third-order valence-electron chi connectivity index (χ3n) is 3.31. The molecular formula is C14H16F3NO3. The number of carboxylic acid groups (broad SMARTS) is 1. The van der Waals surface area contributed by atoms with E-state index in [1.807, 2.05) is 4.90 Å². The molecule has 116 valence electrons. The van der Waals surface area contributed by atoms with Crippen LogP contribution in [-0.4, -0.2) is 43.6 Å². The largest absolute Gasteiger partial charge is 0.478 e. The van der Waals surface area contributed by atoms with Crippen LogP contribution in [0.4, 0.5) is 18.9 Å². The molecule has 21 heavy (non-hydrogen) atoms. The molecule has 1 aliphatic rings. The zero-order valence-electron chi connectivity index (χ0n) is 11.3. The van der Waals surface area contributed by atoms with E-state index in [9.17, 15) is 18.0 Å². The molecule has 0 spiro atoms. The number of carbonyl (C=O) groups is 1. The van der Waals surface area contributed by atoms with Gasteiger partial charge in [0.05, 0.1) is 12.2 Å². The summed E-state index contributed by atoms with van der Waals surface area (Å²) in [7, 11) is 0. The summed E-state index contributed by atoms with van der Waals surface area (Å²) in [5, 5.41) is 8.96. The van der Waals surface area contributed by atoms with Gasteiger partial charge in [0.15, 0.2) is 0 Å². The second-order valence-corrected chi connectivity index (χ2v) is 4.91. The fourth-order valence-electron chi connectivity index (χ4n) is 2.40. The van der Waals surface area contributed by atoms with Gasteiger partial charge in [-0.25, -0.2) is 4.79 Å². The summed E-state index contributed by atoms with van der Waals surface area (Å²) in [6, 6.07) is 4.85. The molecule has 0 atom stereocenters. The van der Waals surface area contributed by atoms with Crippen LogP contribution in [0.25, 0.3) is 0 Å². The first-order chi connectivity index (χ1) is 9.87. The zero-order chi connectivity index (χ0) is 15.5. The van der Waals surface area contributed by atoms with Gasteiger partial charge in [-0.05, 0) is 36.6 Å². The SMILES string of the molecule is O=C(O)c1ccc2c(c1)CCCN2CCOCC(F)(F)F. The minimum Gasteiger partial charge on any atom is -0.478 e. The Morgan fingerprint density at radius 1 is 1.38 bits per heavy atom. The smallest absolute Gasteiger partial charge is 0.411 e. The molecule has 7 heteroatoms. The number of hydrogen-bond acceptors (Lipinski definition) is 3. The lowest BCUT2D eigenvalue weighted by Crippen LogP contribution is -2.33. The summed E-state index contributed by atoms with van der Waals surface area (Å²) in [6.45, 7) is -0.171. The predicted octanol–water partition coefficient (Wildman–Crippen LogP) is 2.72. The van der Waals surface area contributed by atoms with Crippen molar-refractivity contribution in [3.05, 3.63) is 29.3 Å². The number of rotatable bonds is 5. The number of carboxylic acids is 1. The van der Waals surface area contributed by atoms with Gasteiger partial charge in [-0.15, -0.1) is 0 Å². The van der Waals surface area contributed by atoms with Crippen molar-refractivity contribution in [2.45, 2.75) is 19.0 Å². The van der Waals surface area contributed by atoms with Crippen molar-refractivity contribution in [1.82, 2.24) is 0 Å². The van der Waals surface area contributed by atoms with Crippen molar-refractivity contribution in [3.8, 4) is 0 Å². The van der Waals surface area contributed by atoms with E-state index in [1.54, 1.807) is 12.1 Å². The number of alkyl halides is 3. The normalized spacial score (nSPS) is 14.9. The number of nitrogens with zero attached hydrogens (tertiary/aromatic N) is 1. The van der Waals surface area contributed by atoms with Crippen LogP contribution in [0.15, 0.2) is 18.2 Å². The summed E-state index contributed by atoms with van der Waals surface area (Å²) in [5.74, 6) is -0.983. The third-order valence-corrected chi connectivity index (χ3v) is 3.31. The minimum atomic E-state index is -4.31. The Balaban J connectivity index is 1.97. The third kappa shape index (κ3) is 4.35. The summed E-state index contributed by atoms with van der Waals surface area (Å²) in [4.78, 5) is 12.9. The van der Waals surface area contributed by atoms with E-state index in [4.69, 9.17) is 5.11 Å². The van der Waals surface area contributed by atoms with Crippen LogP contribution in [0.5, 0.6) is 0 Å². The lowest BCUT2D eigenvalue weighted by molar-refractivity contribution is -0.173. The Morgan fingerprint density at radius 3 is 2.81 bits per heavy atom. The highest BCUT2D eigenvalue weighted by atomic mass is 19.4. The molecule has 0 fully saturated rings. The fraction of sp³-hybridized carbons (Fsp3) is 0.500. The Labute approximate surface area is 120 Å². The number of aryl methyl sites for hydroxylation is 1. The summed E-state index contributed by atoms with van der Waals surface area (Å²) >= 11 is 0. The molecule has 0 unspecified atom stereocenters. The number of aromatic carboxylic acids is 1. The van der Waals surface area contributed by atoms with Crippen LogP contribution >= 0.6 is 0 Å². The van der Waals surface area contributed by atoms with Gasteiger partial charge in [0.2, 0.25) is 0 Å². The molecule has 0 saturated heterocycles. The lowest BCUT2D eigenvalue weighted by atomic mass is 9.99. The highest BCUT2D eigenvalue weighted by Crippen LogP contribution is 2.28. The van der Waals surface area contributed by atoms with Gasteiger partial charge in [0.25, 0.3) is 0 Å². The maximum absolute atomic E-state index is 12.0. The van der Waals surface area contributed by atoms with Crippen LogP contribution in [0, 0.1) is 0 Å². The fourth-order valence-corrected chi connectivity index (χ4v) is 2.40. The molecule has 1 aromatic carbocycles. The van der Waals surface area contributed by atoms with Crippen molar-refractivity contribution in [1.29, 1.82) is 0 Å². The average Bonchev–Trinajstić information content (AvgIpc) is 2.42. The quantitative estimate of drug-likeness (QED) is 0.850. The summed E-state index contributed by atoms with van der Waals surface area (Å²) in [5.41, 5.74) is 2.02. The van der Waals surface area contributed by atoms with Gasteiger partial charge < -0.3 is 14.7 Å². The standard InChI is InChI=1S/C14H16F3NO3/c15-14(16,17)9-21-7-6-18-5-1-2-10-8-11(13(19)20)3-4-12(10)18/h3-4,8H,1-2,5-7,9H2,(H,19,20). The molecule has 4 nitrogen and oxygen atoms in total. The molecule has 0 radical (unpaired) electrons. The van der Waals surface area contributed by atoms with E-state index in [-0.39, 0.29) is 12.2 Å². The van der Waals surface area contributed by atoms with Gasteiger partial charge in [0.1, 0.15) is 6.61 Å². The first-order valence-corrected chi connectivity index (χ1v) is 6.62. The number of hydrogen-bond donors (Lipinski definition) is 1. The van der Waals surface area contributed by atoms with Crippen LogP contribution in [0.3, 0.4) is 0 Å². The summed E-state index contributed by atoms with van der Waals surface area (Å²) in [6.07, 6.45) is -2.69. The number of ether oxygens (including phenoxy) is 1. The second-order valence-electron chi connectivity index (χ2n) is 4.91. The molecule has 0 amide bonds. The zero-order valence-corrected chi connectivity index (χ0v) is 11.3. The number of benzene rings is 1. The monoisotopic (exact) mass is 303 g/mol. The van der Waals surface area contributed by atoms with Crippen LogP contribution < -0.4 is 4.90 Å². The maximum Gasteiger partial charge on any atom is 0.411 e. The highest BCUT2D eigenvalue weighted by molar-refractivity contribution is 5.88. The topological polar surface area (TPSA) is 49.8 Å². The van der Waals surface area contributed by atoms with Gasteiger partial charge in [-0.3, -0.25) is 0 Å². The Hall–Kier alpha value is -1.76. The van der Waals surface area contributed by atoms with Gasteiger partial charge in [-0.1, -0.05) is 0 Å². The minimum absolute atomic E-state index is 0.0143. The Morgan fingerprint density at radius 2 is 2.14 bits per heavy atom. The maximum atomic E-state index is 12.0. The van der Waals surface area contributed by atoms with Gasteiger partial charge >= 0.3 is 12.1 Å². The van der Waals surface area contributed by atoms with Crippen molar-refractivity contribution in [2.24, 2.45) is 0 Å². The summed E-state index contributed by atoms with van der Waals surface area (Å²) < 4.78 is 40.6. The molecule has 0 saturated carbocycles. The number of fused-ring (bicyclic) bond motifs is 1. The van der Waals surface area contributed by atoms with Crippen LogP contribution in [-0.2, 0) is 11.2 Å². The van der Waals surface area contributed by atoms with Crippen molar-refractivity contribution < 1.29 is 27.8 Å². The van der Waals surface area contributed by atoms with E-state index in [0.29, 0.717) is 6.54 Å². The van der Waals surface area contributed by atoms with Crippen molar-refractivity contribution in [3.63, 3.8) is 0 Å². The molecule has 1 heterocycles. The van der Waals surface area contributed by atoms with Crippen molar-refractivity contribution in [2.75, 3.05) is 31.2 Å². The Kier molecular flexibility index (Phi) is 4.72. The highest BCUT2D eigenvalue weighted by Gasteiger charge is 2.27. The molecule has 1 aromatic rings. The van der Waals surface area contributed by atoms with E-state index < -0.39 is 18.8 Å². The van der Waals surface area contributed by atoms with Gasteiger partial charge in [0, 0.05) is 18.8 Å². The van der Waals surface area contributed by atoms with E-state index >= 15 is 0 Å². The molecule has 0 aromatic heterocycles. The molecule has 1 aliphatic heterocycles. The van der Waals surface area contributed by atoms with Crippen LogP contribution in [0.2, 0.25) is 0 Å². The molecular weight excluding hydrogens is 287 g/mol. The molecule has 2 rings (SSSR count). The molecule has 0 aliphatic carbocycles. The predicted molar refractivity (Wildman–Crippen MR) is 70.8 cm³/mol. The van der Waals surface area contributed by atoms with E-state index in [1.165, 1.54) is 6.07 Å². The van der Waals surface area contributed by atoms with Crippen molar-refractivity contribution >= 4 is 11.7 Å². The van der Waals surface area contributed by atoms with E-state index in [2.05, 4.69) is 4.74 Å². The van der Waals surface area contributed by atoms with E-state index in [0.717, 1.165) is 30.6 Å². The average molecular weight is 303 g/mol. The first kappa shape index (κ1) is 15.6. The Bertz CT molecular complexity index is 517. The first-order valence-electron chi connectivity index (χ1n) is 6.62. The van der Waals surface area contributed by atoms with Crippen LogP contribution in [0.1, 0.15) is 22.3 Å². The number of halogens is 3. The second kappa shape index (κ2) is 6.34. The number of anilines is 1. The molecule has 1 N–H and O–H groups in total.